The lowest BCUT2D eigenvalue weighted by Crippen LogP contribution is -1.87. The van der Waals surface area contributed by atoms with Gasteiger partial charge in [-0.05, 0) is 29.5 Å². The lowest BCUT2D eigenvalue weighted by molar-refractivity contribution is 0.866. The Morgan fingerprint density at radius 2 is 1.62 bits per heavy atom. The minimum Gasteiger partial charge on any atom is -0.0961 e. The quantitative estimate of drug-likeness (QED) is 0.619. The normalized spacial score (nSPS) is 11.0. The molecule has 0 amide bonds. The zero-order valence-corrected chi connectivity index (χ0v) is 10.5. The van der Waals surface area contributed by atoms with Crippen molar-refractivity contribution in [1.29, 1.82) is 0 Å². The summed E-state index contributed by atoms with van der Waals surface area (Å²) in [7, 11) is 0. The first-order valence-electron chi connectivity index (χ1n) is 5.63. The predicted octanol–water partition coefficient (Wildman–Crippen LogP) is 4.96. The van der Waals surface area contributed by atoms with Gasteiger partial charge < -0.3 is 0 Å². The van der Waals surface area contributed by atoms with Crippen molar-refractivity contribution in [1.82, 2.24) is 0 Å². The fourth-order valence-corrected chi connectivity index (χ4v) is 1.42. The van der Waals surface area contributed by atoms with Crippen LogP contribution in [0.1, 0.15) is 37.8 Å². The highest BCUT2D eigenvalue weighted by molar-refractivity contribution is 5.72. The van der Waals surface area contributed by atoms with Gasteiger partial charge in [-0.3, -0.25) is 0 Å². The lowest BCUT2D eigenvalue weighted by atomic mass is 9.99. The monoisotopic (exact) mass is 212 g/mol. The molecule has 0 fully saturated rings. The SMILES string of the molecule is C=C(C)/C=C\C(=C)c1ccc(C(C)C)cc1. The van der Waals surface area contributed by atoms with Crippen molar-refractivity contribution in [2.75, 3.05) is 0 Å². The lowest BCUT2D eigenvalue weighted by Gasteiger charge is -2.06. The fourth-order valence-electron chi connectivity index (χ4n) is 1.42. The molecule has 0 heterocycles. The summed E-state index contributed by atoms with van der Waals surface area (Å²) in [4.78, 5) is 0. The molecule has 0 aliphatic rings. The molecule has 0 aliphatic carbocycles. The van der Waals surface area contributed by atoms with E-state index in [2.05, 4.69) is 51.3 Å². The molecule has 0 radical (unpaired) electrons. The molecule has 0 N–H and O–H groups in total. The third-order valence-electron chi connectivity index (χ3n) is 2.52. The number of hydrogen-bond donors (Lipinski definition) is 0. The molecule has 0 atom stereocenters. The minimum absolute atomic E-state index is 0.577. The second kappa shape index (κ2) is 5.50. The Bertz CT molecular complexity index is 402. The molecule has 0 unspecified atom stereocenters. The molecule has 16 heavy (non-hydrogen) atoms. The van der Waals surface area contributed by atoms with Crippen LogP contribution in [0.25, 0.3) is 5.57 Å². The number of allylic oxidation sites excluding steroid dienone is 4. The van der Waals surface area contributed by atoms with Gasteiger partial charge in [-0.2, -0.15) is 0 Å². The summed E-state index contributed by atoms with van der Waals surface area (Å²) in [6.07, 6.45) is 3.99. The number of benzene rings is 1. The zero-order valence-electron chi connectivity index (χ0n) is 10.5. The predicted molar refractivity (Wildman–Crippen MR) is 73.5 cm³/mol. The Hall–Kier alpha value is -1.56. The van der Waals surface area contributed by atoms with Gasteiger partial charge in [-0.15, -0.1) is 0 Å². The third kappa shape index (κ3) is 3.54. The second-order valence-corrected chi connectivity index (χ2v) is 4.48. The van der Waals surface area contributed by atoms with Crippen molar-refractivity contribution in [2.24, 2.45) is 0 Å². The Balaban J connectivity index is 2.82. The van der Waals surface area contributed by atoms with Gasteiger partial charge in [0.15, 0.2) is 0 Å². The van der Waals surface area contributed by atoms with Crippen molar-refractivity contribution >= 4 is 5.57 Å². The first-order chi connectivity index (χ1) is 7.50. The van der Waals surface area contributed by atoms with Gasteiger partial charge in [0.05, 0.1) is 0 Å². The van der Waals surface area contributed by atoms with Gasteiger partial charge in [0, 0.05) is 0 Å². The molecule has 1 aromatic rings. The topological polar surface area (TPSA) is 0 Å². The van der Waals surface area contributed by atoms with E-state index in [1.165, 1.54) is 11.1 Å². The van der Waals surface area contributed by atoms with Gasteiger partial charge >= 0.3 is 0 Å². The van der Waals surface area contributed by atoms with Crippen LogP contribution in [0.4, 0.5) is 0 Å². The van der Waals surface area contributed by atoms with Gasteiger partial charge in [-0.25, -0.2) is 0 Å². The standard InChI is InChI=1S/C16H20/c1-12(2)6-7-14(5)16-10-8-15(9-11-16)13(3)4/h6-11,13H,1,5H2,2-4H3/b7-6-. The fraction of sp³-hybridized carbons (Fsp3) is 0.250. The van der Waals surface area contributed by atoms with Gasteiger partial charge in [-0.1, -0.05) is 69.0 Å². The largest absolute Gasteiger partial charge is 0.0961 e. The van der Waals surface area contributed by atoms with E-state index in [9.17, 15) is 0 Å². The van der Waals surface area contributed by atoms with Crippen LogP contribution in [0.15, 0.2) is 55.1 Å². The third-order valence-corrected chi connectivity index (χ3v) is 2.52. The molecule has 0 nitrogen and oxygen atoms in total. The second-order valence-electron chi connectivity index (χ2n) is 4.48. The van der Waals surface area contributed by atoms with E-state index in [-0.39, 0.29) is 0 Å². The van der Waals surface area contributed by atoms with E-state index in [1.807, 2.05) is 19.1 Å². The maximum absolute atomic E-state index is 4.04. The Kier molecular flexibility index (Phi) is 4.30. The van der Waals surface area contributed by atoms with Gasteiger partial charge in [0.25, 0.3) is 0 Å². The maximum Gasteiger partial charge on any atom is -0.0190 e. The van der Waals surface area contributed by atoms with Crippen molar-refractivity contribution in [2.45, 2.75) is 26.7 Å². The molecule has 0 heteroatoms. The zero-order chi connectivity index (χ0) is 12.1. The summed E-state index contributed by atoms with van der Waals surface area (Å²) < 4.78 is 0. The Morgan fingerprint density at radius 3 is 2.06 bits per heavy atom. The van der Waals surface area contributed by atoms with E-state index in [0.29, 0.717) is 5.92 Å². The summed E-state index contributed by atoms with van der Waals surface area (Å²) in [5.41, 5.74) is 4.60. The van der Waals surface area contributed by atoms with Crippen molar-refractivity contribution in [3.05, 3.63) is 66.3 Å². The molecule has 0 spiro atoms. The average molecular weight is 212 g/mol. The van der Waals surface area contributed by atoms with Gasteiger partial charge in [0.2, 0.25) is 0 Å². The summed E-state index contributed by atoms with van der Waals surface area (Å²) in [6.45, 7) is 14.2. The van der Waals surface area contributed by atoms with E-state index in [0.717, 1.165) is 11.1 Å². The molecule has 0 saturated carbocycles. The molecule has 0 aromatic heterocycles. The molecule has 0 bridgehead atoms. The molecule has 84 valence electrons. The van der Waals surface area contributed by atoms with Crippen LogP contribution in [0.5, 0.6) is 0 Å². The molecular formula is C16H20. The van der Waals surface area contributed by atoms with E-state index in [4.69, 9.17) is 0 Å². The molecular weight excluding hydrogens is 192 g/mol. The van der Waals surface area contributed by atoms with Crippen molar-refractivity contribution in [3.63, 3.8) is 0 Å². The summed E-state index contributed by atoms with van der Waals surface area (Å²) in [6, 6.07) is 8.58. The highest BCUT2D eigenvalue weighted by Gasteiger charge is 1.99. The van der Waals surface area contributed by atoms with E-state index >= 15 is 0 Å². The number of rotatable bonds is 4. The van der Waals surface area contributed by atoms with Crippen LogP contribution in [0, 0.1) is 0 Å². The smallest absolute Gasteiger partial charge is 0.0190 e. The summed E-state index contributed by atoms with van der Waals surface area (Å²) in [5, 5.41) is 0. The van der Waals surface area contributed by atoms with Crippen molar-refractivity contribution < 1.29 is 0 Å². The van der Waals surface area contributed by atoms with Crippen LogP contribution in [0.2, 0.25) is 0 Å². The van der Waals surface area contributed by atoms with E-state index < -0.39 is 0 Å². The van der Waals surface area contributed by atoms with E-state index in [1.54, 1.807) is 0 Å². The average Bonchev–Trinajstić information content (AvgIpc) is 2.26. The van der Waals surface area contributed by atoms with Gasteiger partial charge in [0.1, 0.15) is 0 Å². The molecule has 1 aromatic carbocycles. The molecule has 0 saturated heterocycles. The highest BCUT2D eigenvalue weighted by Crippen LogP contribution is 2.19. The summed E-state index contributed by atoms with van der Waals surface area (Å²) in [5.74, 6) is 0.577. The highest BCUT2D eigenvalue weighted by atomic mass is 14.0. The first kappa shape index (κ1) is 12.5. The van der Waals surface area contributed by atoms with Crippen LogP contribution < -0.4 is 0 Å². The molecule has 1 rings (SSSR count). The summed E-state index contributed by atoms with van der Waals surface area (Å²) >= 11 is 0. The minimum atomic E-state index is 0.577. The van der Waals surface area contributed by atoms with Crippen LogP contribution >= 0.6 is 0 Å². The van der Waals surface area contributed by atoms with Crippen molar-refractivity contribution in [3.8, 4) is 0 Å². The first-order valence-corrected chi connectivity index (χ1v) is 5.63. The number of hydrogen-bond acceptors (Lipinski definition) is 0. The Morgan fingerprint density at radius 1 is 1.06 bits per heavy atom. The van der Waals surface area contributed by atoms with Crippen LogP contribution in [-0.2, 0) is 0 Å². The Labute approximate surface area is 99.0 Å². The molecule has 0 aliphatic heterocycles. The van der Waals surface area contributed by atoms with Crippen LogP contribution in [0.3, 0.4) is 0 Å². The van der Waals surface area contributed by atoms with Crippen LogP contribution in [-0.4, -0.2) is 0 Å². The maximum atomic E-state index is 4.04.